The fourth-order valence-electron chi connectivity index (χ4n) is 11.7. The summed E-state index contributed by atoms with van der Waals surface area (Å²) in [4.78, 5) is 80.9. The summed E-state index contributed by atoms with van der Waals surface area (Å²) < 4.78 is 50.9. The number of cyclic esters (lactones) is 1. The van der Waals surface area contributed by atoms with Crippen molar-refractivity contribution in [2.24, 2.45) is 29.0 Å². The van der Waals surface area contributed by atoms with Crippen LogP contribution in [0.15, 0.2) is 237 Å². The van der Waals surface area contributed by atoms with Crippen LogP contribution in [-0.2, 0) is 111 Å². The Bertz CT molecular complexity index is 5000. The van der Waals surface area contributed by atoms with Gasteiger partial charge in [0.1, 0.15) is 72.4 Å². The highest BCUT2D eigenvalue weighted by molar-refractivity contribution is 6.76. The predicted octanol–water partition coefficient (Wildman–Crippen LogP) is 20.6. The van der Waals surface area contributed by atoms with Gasteiger partial charge < -0.3 is 84.3 Å². The van der Waals surface area contributed by atoms with E-state index in [0.29, 0.717) is 38.7 Å². The van der Waals surface area contributed by atoms with Crippen LogP contribution >= 0.6 is 0 Å². The summed E-state index contributed by atoms with van der Waals surface area (Å²) in [6, 6.07) is 70.6. The van der Waals surface area contributed by atoms with Crippen LogP contribution in [-0.4, -0.2) is 133 Å². The lowest BCUT2D eigenvalue weighted by atomic mass is 10.0. The molecule has 0 aliphatic carbocycles. The van der Waals surface area contributed by atoms with Crippen molar-refractivity contribution in [2.45, 2.75) is 258 Å². The second kappa shape index (κ2) is 51.0. The maximum absolute atomic E-state index is 12.3. The van der Waals surface area contributed by atoms with Crippen molar-refractivity contribution in [1.29, 1.82) is 0 Å². The van der Waals surface area contributed by atoms with E-state index in [1.807, 2.05) is 195 Å². The first-order chi connectivity index (χ1) is 61.5. The number of hydrogen-bond donors (Lipinski definition) is 8. The van der Waals surface area contributed by atoms with E-state index in [0.717, 1.165) is 73.1 Å². The van der Waals surface area contributed by atoms with Gasteiger partial charge in [-0.05, 0) is 234 Å². The van der Waals surface area contributed by atoms with Crippen molar-refractivity contribution >= 4 is 75.2 Å². The highest BCUT2D eigenvalue weighted by Gasteiger charge is 2.44. The van der Waals surface area contributed by atoms with E-state index >= 15 is 0 Å². The average molecular weight is 1880 g/mol. The number of carboxylic acids is 2. The van der Waals surface area contributed by atoms with E-state index in [4.69, 9.17) is 73.9 Å². The van der Waals surface area contributed by atoms with E-state index in [2.05, 4.69) is 147 Å². The van der Waals surface area contributed by atoms with Crippen LogP contribution in [0.3, 0.4) is 0 Å². The SMILES string of the molecule is CC(C)(C)[Si](C)(C)Oc1cccc(C[C@@H](N)C(=O)OCc2ccccc2)c1.COC(=O)[C@H]1OC(=O)N[C@H]1Cc1cccc(O[Si](C)(C)C(C)(C)C)c1.C[C@@H](Cc1cccc(O[Si](C)(C)C(C)(C)C)c1)C(=O)O.C[C@H](Cc1cccc(O[Si](C)(C)C(C)(C)C)c1)C(=O)OCc1ccccc1.N[C@@H](Cc1cccc(O)c1)C(=O)O.N[C@H](Cc1cccc(O)c1)C(=O)OCc1ccccc1. The Hall–Kier alpha value is -11.4. The lowest BCUT2D eigenvalue weighted by molar-refractivity contribution is -0.150. The molecule has 132 heavy (non-hydrogen) atoms. The average Bonchev–Trinajstić information content (AvgIpc) is 1.82. The summed E-state index contributed by atoms with van der Waals surface area (Å²) in [6.07, 6.45) is 1.08. The fourth-order valence-corrected chi connectivity index (χ4v) is 15.8. The molecule has 1 heterocycles. The second-order valence-electron chi connectivity index (χ2n) is 39.3. The Balaban J connectivity index is 0.000000284. The Morgan fingerprint density at radius 1 is 0.364 bits per heavy atom. The lowest BCUT2D eigenvalue weighted by Gasteiger charge is -2.36. The van der Waals surface area contributed by atoms with Crippen LogP contribution < -0.4 is 40.2 Å². The first-order valence-electron chi connectivity index (χ1n) is 44.5. The third-order valence-corrected chi connectivity index (χ3v) is 41.2. The number of carboxylic acid groups (broad SMARTS) is 2. The van der Waals surface area contributed by atoms with Gasteiger partial charge in [-0.15, -0.1) is 0 Å². The predicted molar refractivity (Wildman–Crippen MR) is 531 cm³/mol. The molecule has 24 nitrogen and oxygen atoms in total. The Kier molecular flexibility index (Phi) is 43.0. The van der Waals surface area contributed by atoms with Crippen molar-refractivity contribution in [3.8, 4) is 34.5 Å². The number of nitrogens with one attached hydrogen (secondary N) is 1. The normalized spacial score (nSPS) is 14.4. The summed E-state index contributed by atoms with van der Waals surface area (Å²) in [7, 11) is -6.28. The summed E-state index contributed by atoms with van der Waals surface area (Å²) in [6.45, 7) is 48.6. The molecular formula is C104H144N4O20Si4. The third-order valence-electron chi connectivity index (χ3n) is 23.8. The molecule has 1 saturated heterocycles. The minimum Gasteiger partial charge on any atom is -0.543 e. The lowest BCUT2D eigenvalue weighted by Crippen LogP contribution is -2.43. The standard InChI is InChI=1S/C23H32O3Si.C22H31NO3Si.C18H27NO5Si.C16H17NO3.C16H26O3Si.C9H11NO3/c1-18(22(24)25-17-19-11-8-7-9-12-19)15-20-13-10-14-21(16-20)26-27(5,6)23(2,3)4;1-22(2,3)27(4,5)26-19-13-9-12-18(14-19)15-20(23)21(24)25-16-17-10-7-6-8-11-17;1-18(2,3)25(5,6)24-13-9-7-8-12(10-13)11-14-15(16(20)22-4)23-17(21)19-14;17-15(10-13-7-4-8-14(18)9-13)16(19)20-11-12-5-2-1-3-6-12;1-12(15(17)18)10-13-8-7-9-14(11-13)19-20(5,6)16(2,3)4;10-8(9(12)13)5-6-2-1-3-7(11)4-6/h7-14,16,18H,15,17H2,1-6H3;6-14,20H,15-16,23H2,1-5H3;7-10,14-15H,11H2,1-6H3,(H,19,21);1-9,15,18H,10-11,17H2;7-9,11-12H,10H2,1-6H3,(H,17,18);1-4,8,11H,5,10H2,(H,12,13)/t18-;20-;14-,15-;15-;12-;8-/m110100/s1. The number of phenols is 2. The van der Waals surface area contributed by atoms with Crippen LogP contribution in [0.4, 0.5) is 4.79 Å². The van der Waals surface area contributed by atoms with Gasteiger partial charge in [0.05, 0.1) is 25.0 Å². The number of ether oxygens (including phenoxy) is 5. The molecular weight excluding hydrogens is 1740 g/mol. The molecule has 28 heteroatoms. The second-order valence-corrected chi connectivity index (χ2v) is 58.2. The topological polar surface area (TPSA) is 374 Å². The number of alkyl carbamates (subject to hydrolysis) is 1. The van der Waals surface area contributed by atoms with Crippen LogP contribution in [0.1, 0.15) is 147 Å². The smallest absolute Gasteiger partial charge is 0.408 e. The van der Waals surface area contributed by atoms with Gasteiger partial charge in [-0.25, -0.2) is 9.59 Å². The largest absolute Gasteiger partial charge is 0.543 e. The van der Waals surface area contributed by atoms with E-state index in [1.54, 1.807) is 37.3 Å². The molecule has 11 N–H and O–H groups in total. The number of esters is 4. The van der Waals surface area contributed by atoms with Crippen molar-refractivity contribution in [1.82, 2.24) is 5.32 Å². The van der Waals surface area contributed by atoms with Gasteiger partial charge in [-0.3, -0.25) is 24.0 Å². The van der Waals surface area contributed by atoms with Crippen LogP contribution in [0.2, 0.25) is 72.5 Å². The Morgan fingerprint density at radius 3 is 0.939 bits per heavy atom. The summed E-state index contributed by atoms with van der Waals surface area (Å²) in [5, 5.41) is 39.1. The molecule has 0 bridgehead atoms. The number of amides is 1. The fraction of sp³-hybridized carbons (Fsp3) is 0.413. The van der Waals surface area contributed by atoms with Gasteiger partial charge in [-0.1, -0.05) is 261 Å². The highest BCUT2D eigenvalue weighted by atomic mass is 28.4. The van der Waals surface area contributed by atoms with Crippen LogP contribution in [0, 0.1) is 11.8 Å². The molecule has 9 aromatic carbocycles. The molecule has 10 rings (SSSR count). The number of nitrogens with two attached hydrogens (primary N) is 3. The molecule has 1 aliphatic heterocycles. The van der Waals surface area contributed by atoms with Gasteiger partial charge in [0.25, 0.3) is 0 Å². The van der Waals surface area contributed by atoms with Gasteiger partial charge in [0, 0.05) is 0 Å². The first-order valence-corrected chi connectivity index (χ1v) is 56.2. The number of methoxy groups -OCH3 is 1. The molecule has 1 amide bonds. The maximum Gasteiger partial charge on any atom is 0.408 e. The molecule has 1 fully saturated rings. The third kappa shape index (κ3) is 38.8. The van der Waals surface area contributed by atoms with E-state index in [9.17, 15) is 38.7 Å². The minimum absolute atomic E-state index is 0.103. The van der Waals surface area contributed by atoms with Crippen molar-refractivity contribution in [3.05, 3.63) is 287 Å². The zero-order chi connectivity index (χ0) is 98.8. The number of carbonyl (C=O) groups is 7. The van der Waals surface area contributed by atoms with Gasteiger partial charge in [0.2, 0.25) is 39.4 Å². The molecule has 0 spiro atoms. The molecule has 1 aliphatic rings. The van der Waals surface area contributed by atoms with Gasteiger partial charge >= 0.3 is 41.9 Å². The Morgan fingerprint density at radius 2 is 0.636 bits per heavy atom. The molecule has 9 aromatic rings. The van der Waals surface area contributed by atoms with E-state index in [1.165, 1.54) is 19.2 Å². The van der Waals surface area contributed by atoms with E-state index < -0.39 is 99.5 Å². The maximum atomic E-state index is 12.3. The Labute approximate surface area is 786 Å². The number of phenolic OH excluding ortho intramolecular Hbond substituents is 2. The van der Waals surface area contributed by atoms with Gasteiger partial charge in [0.15, 0.2) is 0 Å². The molecule has 716 valence electrons. The molecule has 0 unspecified atom stereocenters. The van der Waals surface area contributed by atoms with Crippen molar-refractivity contribution in [2.75, 3.05) is 7.11 Å². The molecule has 0 aromatic heterocycles. The number of aromatic hydroxyl groups is 2. The molecule has 0 saturated carbocycles. The number of aliphatic carboxylic acids is 2. The van der Waals surface area contributed by atoms with Crippen LogP contribution in [0.5, 0.6) is 34.5 Å². The summed E-state index contributed by atoms with van der Waals surface area (Å²) >= 11 is 0. The quantitative estimate of drug-likeness (QED) is 0.0110. The zero-order valence-electron chi connectivity index (χ0n) is 81.5. The number of carbonyl (C=O) groups excluding carboxylic acids is 5. The number of benzene rings is 9. The van der Waals surface area contributed by atoms with Crippen molar-refractivity contribution < 1.29 is 95.4 Å². The van der Waals surface area contributed by atoms with Crippen molar-refractivity contribution in [3.63, 3.8) is 0 Å². The summed E-state index contributed by atoms with van der Waals surface area (Å²) in [5.74, 6) is -0.275. The number of rotatable bonds is 32. The zero-order valence-corrected chi connectivity index (χ0v) is 85.5. The molecule has 7 atom stereocenters. The summed E-state index contributed by atoms with van der Waals surface area (Å²) in [5.41, 5.74) is 25.6. The first kappa shape index (κ1) is 111. The monoisotopic (exact) mass is 1880 g/mol. The highest BCUT2D eigenvalue weighted by Crippen LogP contribution is 2.42. The van der Waals surface area contributed by atoms with Gasteiger partial charge in [-0.2, -0.15) is 0 Å². The number of hydrogen-bond acceptors (Lipinski definition) is 21. The molecule has 0 radical (unpaired) electrons. The minimum atomic E-state index is -1.93. The van der Waals surface area contributed by atoms with E-state index in [-0.39, 0.29) is 69.1 Å². The van der Waals surface area contributed by atoms with Crippen LogP contribution in [0.25, 0.3) is 0 Å².